The Hall–Kier alpha value is -1.75. The van der Waals surface area contributed by atoms with Crippen LogP contribution >= 0.6 is 11.6 Å². The van der Waals surface area contributed by atoms with Crippen LogP contribution in [0.1, 0.15) is 0 Å². The zero-order valence-electron chi connectivity index (χ0n) is 8.48. The molecule has 0 aliphatic rings. The Bertz CT molecular complexity index is 627. The van der Waals surface area contributed by atoms with Gasteiger partial charge < -0.3 is 5.11 Å². The Kier molecular flexibility index (Phi) is 2.47. The average molecular weight is 241 g/mol. The van der Waals surface area contributed by atoms with E-state index in [1.165, 1.54) is 9.13 Å². The molecule has 0 fully saturated rings. The molecular weight excluding hydrogens is 232 g/mol. The number of fused-ring (bicyclic) bond motifs is 1. The molecule has 0 bridgehead atoms. The lowest BCUT2D eigenvalue weighted by Gasteiger charge is -1.98. The van der Waals surface area contributed by atoms with Crippen molar-refractivity contribution in [3.63, 3.8) is 0 Å². The Balaban J connectivity index is 2.80. The molecule has 0 saturated carbocycles. The molecule has 1 aromatic heterocycles. The summed E-state index contributed by atoms with van der Waals surface area (Å²) in [5.41, 5.74) is 0.831. The summed E-state index contributed by atoms with van der Waals surface area (Å²) in [6.45, 7) is -0.365. The number of nitrogens with zero attached hydrogens (tertiary/aromatic N) is 2. The van der Waals surface area contributed by atoms with Gasteiger partial charge >= 0.3 is 11.7 Å². The number of imidazole rings is 1. The normalized spacial score (nSPS) is 10.9. The summed E-state index contributed by atoms with van der Waals surface area (Å²) < 4.78 is 2.58. The fraction of sp³-hybridized carbons (Fsp3) is 0.200. The molecule has 1 heterocycles. The lowest BCUT2D eigenvalue weighted by Crippen LogP contribution is -2.25. The molecule has 6 heteroatoms. The number of hydrogen-bond donors (Lipinski definition) is 1. The molecule has 1 aromatic carbocycles. The summed E-state index contributed by atoms with van der Waals surface area (Å²) in [5.74, 6) is -1.06. The van der Waals surface area contributed by atoms with Crippen molar-refractivity contribution in [3.05, 3.63) is 33.7 Å². The molecule has 16 heavy (non-hydrogen) atoms. The van der Waals surface area contributed by atoms with Crippen LogP contribution in [-0.4, -0.2) is 20.2 Å². The number of benzene rings is 1. The Labute approximate surface area is 95.5 Å². The maximum atomic E-state index is 11.8. The van der Waals surface area contributed by atoms with E-state index in [9.17, 15) is 9.59 Å². The van der Waals surface area contributed by atoms with E-state index in [-0.39, 0.29) is 12.2 Å². The number of carboxylic acid groups (broad SMARTS) is 1. The topological polar surface area (TPSA) is 64.2 Å². The SMILES string of the molecule is Cn1c(=O)n(CC(=O)O)c2cc(Cl)ccc21. The fourth-order valence-corrected chi connectivity index (χ4v) is 1.84. The van der Waals surface area contributed by atoms with Gasteiger partial charge in [0, 0.05) is 12.1 Å². The first-order chi connectivity index (χ1) is 7.50. The largest absolute Gasteiger partial charge is 0.480 e. The van der Waals surface area contributed by atoms with Crippen molar-refractivity contribution < 1.29 is 9.90 Å². The van der Waals surface area contributed by atoms with Gasteiger partial charge in [-0.05, 0) is 18.2 Å². The Morgan fingerprint density at radius 3 is 2.75 bits per heavy atom. The molecular formula is C10H9ClN2O3. The van der Waals surface area contributed by atoms with Crippen molar-refractivity contribution >= 4 is 28.6 Å². The molecule has 0 aliphatic heterocycles. The van der Waals surface area contributed by atoms with Gasteiger partial charge in [-0.25, -0.2) is 4.79 Å². The quantitative estimate of drug-likeness (QED) is 0.854. The molecule has 0 unspecified atom stereocenters. The standard InChI is InChI=1S/C10H9ClN2O3/c1-12-7-3-2-6(11)4-8(7)13(10(12)16)5-9(14)15/h2-4H,5H2,1H3,(H,14,15). The zero-order chi connectivity index (χ0) is 11.9. The number of aromatic nitrogens is 2. The predicted molar refractivity (Wildman–Crippen MR) is 59.8 cm³/mol. The van der Waals surface area contributed by atoms with E-state index in [1.807, 2.05) is 0 Å². The average Bonchev–Trinajstić information content (AvgIpc) is 2.43. The van der Waals surface area contributed by atoms with Gasteiger partial charge in [0.2, 0.25) is 0 Å². The third kappa shape index (κ3) is 1.59. The van der Waals surface area contributed by atoms with Gasteiger partial charge in [0.15, 0.2) is 0 Å². The van der Waals surface area contributed by atoms with Gasteiger partial charge in [0.1, 0.15) is 6.54 Å². The Morgan fingerprint density at radius 1 is 1.44 bits per heavy atom. The molecule has 2 rings (SSSR count). The van der Waals surface area contributed by atoms with Gasteiger partial charge in [-0.1, -0.05) is 11.6 Å². The first-order valence-electron chi connectivity index (χ1n) is 4.57. The van der Waals surface area contributed by atoms with Crippen LogP contribution < -0.4 is 5.69 Å². The smallest absolute Gasteiger partial charge is 0.329 e. The van der Waals surface area contributed by atoms with Gasteiger partial charge in [0.25, 0.3) is 0 Å². The second-order valence-corrected chi connectivity index (χ2v) is 3.89. The van der Waals surface area contributed by atoms with E-state index < -0.39 is 5.97 Å². The highest BCUT2D eigenvalue weighted by molar-refractivity contribution is 6.31. The number of aliphatic carboxylic acids is 1. The minimum absolute atomic E-state index is 0.361. The predicted octanol–water partition coefficient (Wildman–Crippen LogP) is 1.08. The first kappa shape index (κ1) is 10.8. The van der Waals surface area contributed by atoms with Crippen LogP contribution in [-0.2, 0) is 18.4 Å². The van der Waals surface area contributed by atoms with Gasteiger partial charge in [-0.15, -0.1) is 0 Å². The van der Waals surface area contributed by atoms with Gasteiger partial charge in [-0.2, -0.15) is 0 Å². The first-order valence-corrected chi connectivity index (χ1v) is 4.95. The molecule has 0 saturated heterocycles. The third-order valence-corrected chi connectivity index (χ3v) is 2.64. The van der Waals surface area contributed by atoms with Crippen LogP contribution in [0.3, 0.4) is 0 Å². The summed E-state index contributed by atoms with van der Waals surface area (Å²) in [4.78, 5) is 22.4. The van der Waals surface area contributed by atoms with E-state index in [2.05, 4.69) is 0 Å². The molecule has 0 aliphatic carbocycles. The van der Waals surface area contributed by atoms with Gasteiger partial charge in [0.05, 0.1) is 11.0 Å². The van der Waals surface area contributed by atoms with Crippen molar-refractivity contribution in [1.82, 2.24) is 9.13 Å². The van der Waals surface area contributed by atoms with Crippen LogP contribution in [0.4, 0.5) is 0 Å². The minimum atomic E-state index is -1.06. The lowest BCUT2D eigenvalue weighted by molar-refractivity contribution is -0.137. The van der Waals surface area contributed by atoms with Crippen molar-refractivity contribution in [2.24, 2.45) is 7.05 Å². The number of halogens is 1. The number of hydrogen-bond acceptors (Lipinski definition) is 2. The molecule has 0 amide bonds. The summed E-state index contributed by atoms with van der Waals surface area (Å²) in [6.07, 6.45) is 0. The van der Waals surface area contributed by atoms with E-state index in [1.54, 1.807) is 25.2 Å². The van der Waals surface area contributed by atoms with E-state index in [0.717, 1.165) is 0 Å². The maximum Gasteiger partial charge on any atom is 0.329 e. The highest BCUT2D eigenvalue weighted by Gasteiger charge is 2.12. The third-order valence-electron chi connectivity index (χ3n) is 2.40. The molecule has 5 nitrogen and oxygen atoms in total. The number of carbonyl (C=O) groups is 1. The molecule has 2 aromatic rings. The maximum absolute atomic E-state index is 11.8. The molecule has 84 valence electrons. The van der Waals surface area contributed by atoms with Crippen LogP contribution in [0, 0.1) is 0 Å². The van der Waals surface area contributed by atoms with E-state index in [0.29, 0.717) is 16.1 Å². The number of aryl methyl sites for hydroxylation is 1. The molecule has 0 radical (unpaired) electrons. The van der Waals surface area contributed by atoms with Crippen molar-refractivity contribution in [1.29, 1.82) is 0 Å². The summed E-state index contributed by atoms with van der Waals surface area (Å²) in [7, 11) is 1.59. The second kappa shape index (κ2) is 3.68. The highest BCUT2D eigenvalue weighted by Crippen LogP contribution is 2.17. The van der Waals surface area contributed by atoms with Crippen molar-refractivity contribution in [2.75, 3.05) is 0 Å². The summed E-state index contributed by atoms with van der Waals surface area (Å²) >= 11 is 5.82. The zero-order valence-corrected chi connectivity index (χ0v) is 9.23. The van der Waals surface area contributed by atoms with Gasteiger partial charge in [-0.3, -0.25) is 13.9 Å². The van der Waals surface area contributed by atoms with E-state index in [4.69, 9.17) is 16.7 Å². The minimum Gasteiger partial charge on any atom is -0.480 e. The molecule has 1 N–H and O–H groups in total. The number of rotatable bonds is 2. The van der Waals surface area contributed by atoms with Crippen LogP contribution in [0.25, 0.3) is 11.0 Å². The van der Waals surface area contributed by atoms with E-state index >= 15 is 0 Å². The van der Waals surface area contributed by atoms with Crippen molar-refractivity contribution in [2.45, 2.75) is 6.54 Å². The monoisotopic (exact) mass is 240 g/mol. The van der Waals surface area contributed by atoms with Crippen LogP contribution in [0.15, 0.2) is 23.0 Å². The molecule has 0 atom stereocenters. The van der Waals surface area contributed by atoms with Crippen molar-refractivity contribution in [3.8, 4) is 0 Å². The molecule has 0 spiro atoms. The van der Waals surface area contributed by atoms with Crippen LogP contribution in [0.5, 0.6) is 0 Å². The fourth-order valence-electron chi connectivity index (χ4n) is 1.67. The summed E-state index contributed by atoms with van der Waals surface area (Å²) in [6, 6.07) is 4.94. The highest BCUT2D eigenvalue weighted by atomic mass is 35.5. The number of carboxylic acids is 1. The van der Waals surface area contributed by atoms with Crippen LogP contribution in [0.2, 0.25) is 5.02 Å². The lowest BCUT2D eigenvalue weighted by atomic mass is 10.3. The summed E-state index contributed by atoms with van der Waals surface area (Å²) in [5, 5.41) is 9.20. The second-order valence-electron chi connectivity index (χ2n) is 3.45. The Morgan fingerprint density at radius 2 is 2.12 bits per heavy atom.